The summed E-state index contributed by atoms with van der Waals surface area (Å²) in [5.41, 5.74) is 5.36. The van der Waals surface area contributed by atoms with Crippen LogP contribution in [0, 0.1) is 0 Å². The highest BCUT2D eigenvalue weighted by Gasteiger charge is 1.99. The van der Waals surface area contributed by atoms with Crippen molar-refractivity contribution in [3.63, 3.8) is 0 Å². The number of nitrogens with two attached hydrogens (primary N) is 1. The fourth-order valence-corrected chi connectivity index (χ4v) is 1.24. The van der Waals surface area contributed by atoms with E-state index in [-0.39, 0.29) is 5.91 Å². The first-order valence-electron chi connectivity index (χ1n) is 5.85. The third-order valence-electron chi connectivity index (χ3n) is 2.10. The van der Waals surface area contributed by atoms with Crippen LogP contribution in [0.2, 0.25) is 0 Å². The minimum absolute atomic E-state index is 0.142. The zero-order valence-electron chi connectivity index (χ0n) is 9.76. The molecule has 0 saturated carbocycles. The van der Waals surface area contributed by atoms with E-state index in [4.69, 9.17) is 10.5 Å². The average molecular weight is 216 g/mol. The zero-order valence-corrected chi connectivity index (χ0v) is 9.76. The summed E-state index contributed by atoms with van der Waals surface area (Å²) in [6, 6.07) is 0. The van der Waals surface area contributed by atoms with Crippen molar-refractivity contribution in [3.05, 3.63) is 0 Å². The van der Waals surface area contributed by atoms with Crippen LogP contribution in [-0.2, 0) is 9.53 Å². The van der Waals surface area contributed by atoms with Crippen molar-refractivity contribution in [3.8, 4) is 0 Å². The van der Waals surface area contributed by atoms with Crippen LogP contribution in [0.15, 0.2) is 0 Å². The van der Waals surface area contributed by atoms with Gasteiger partial charge in [-0.2, -0.15) is 0 Å². The second kappa shape index (κ2) is 11.5. The van der Waals surface area contributed by atoms with Crippen LogP contribution in [0.4, 0.5) is 0 Å². The van der Waals surface area contributed by atoms with Crippen molar-refractivity contribution in [2.24, 2.45) is 5.73 Å². The highest BCUT2D eigenvalue weighted by Crippen LogP contribution is 1.98. The lowest BCUT2D eigenvalue weighted by molar-refractivity contribution is -0.121. The molecule has 0 aliphatic heterocycles. The third kappa shape index (κ3) is 11.3. The molecule has 1 amide bonds. The van der Waals surface area contributed by atoms with E-state index in [0.717, 1.165) is 52.0 Å². The Morgan fingerprint density at radius 3 is 2.73 bits per heavy atom. The predicted octanol–water partition coefficient (Wildman–Crippen LogP) is 1.05. The van der Waals surface area contributed by atoms with E-state index in [2.05, 4.69) is 5.32 Å². The number of carbonyl (C=O) groups is 1. The largest absolute Gasteiger partial charge is 0.382 e. The first-order valence-corrected chi connectivity index (χ1v) is 5.85. The van der Waals surface area contributed by atoms with Crippen molar-refractivity contribution < 1.29 is 9.53 Å². The Hall–Kier alpha value is -0.610. The molecule has 0 heterocycles. The number of unbranched alkanes of at least 4 members (excludes halogenated alkanes) is 2. The number of hydrogen-bond donors (Lipinski definition) is 2. The lowest BCUT2D eigenvalue weighted by atomic mass is 10.2. The molecule has 4 heteroatoms. The van der Waals surface area contributed by atoms with Crippen molar-refractivity contribution in [2.75, 3.05) is 26.3 Å². The van der Waals surface area contributed by atoms with E-state index in [0.29, 0.717) is 6.42 Å². The molecule has 0 atom stereocenters. The van der Waals surface area contributed by atoms with Gasteiger partial charge in [0.05, 0.1) is 0 Å². The van der Waals surface area contributed by atoms with Gasteiger partial charge in [0.1, 0.15) is 0 Å². The molecule has 0 radical (unpaired) electrons. The molecular weight excluding hydrogens is 192 g/mol. The highest BCUT2D eigenvalue weighted by atomic mass is 16.5. The van der Waals surface area contributed by atoms with Gasteiger partial charge in [-0.05, 0) is 32.7 Å². The molecule has 0 unspecified atom stereocenters. The standard InChI is InChI=1S/C11H24N2O2/c1-2-15-10-6-9-13-11(14)7-4-3-5-8-12/h2-10,12H2,1H3,(H,13,14). The van der Waals surface area contributed by atoms with Crippen LogP contribution in [0.5, 0.6) is 0 Å². The molecule has 15 heavy (non-hydrogen) atoms. The van der Waals surface area contributed by atoms with Gasteiger partial charge in [0.25, 0.3) is 0 Å². The number of amides is 1. The smallest absolute Gasteiger partial charge is 0.219 e. The van der Waals surface area contributed by atoms with Gasteiger partial charge in [0.15, 0.2) is 0 Å². The molecule has 0 saturated heterocycles. The first kappa shape index (κ1) is 14.4. The molecule has 0 bridgehead atoms. The fraction of sp³-hybridized carbons (Fsp3) is 0.909. The van der Waals surface area contributed by atoms with Crippen LogP contribution in [0.25, 0.3) is 0 Å². The van der Waals surface area contributed by atoms with Crippen molar-refractivity contribution >= 4 is 5.91 Å². The van der Waals surface area contributed by atoms with Gasteiger partial charge in [0, 0.05) is 26.2 Å². The molecule has 4 nitrogen and oxygen atoms in total. The topological polar surface area (TPSA) is 64.3 Å². The minimum Gasteiger partial charge on any atom is -0.382 e. The van der Waals surface area contributed by atoms with Gasteiger partial charge >= 0.3 is 0 Å². The summed E-state index contributed by atoms with van der Waals surface area (Å²) < 4.78 is 5.16. The molecule has 0 aromatic carbocycles. The molecular formula is C11H24N2O2. The SMILES string of the molecule is CCOCCCNC(=O)CCCCCN. The Bertz CT molecular complexity index is 152. The quantitative estimate of drug-likeness (QED) is 0.536. The molecule has 0 fully saturated rings. The summed E-state index contributed by atoms with van der Waals surface area (Å²) in [7, 11) is 0. The van der Waals surface area contributed by atoms with E-state index in [1.165, 1.54) is 0 Å². The van der Waals surface area contributed by atoms with Gasteiger partial charge in [-0.25, -0.2) is 0 Å². The van der Waals surface area contributed by atoms with Crippen LogP contribution < -0.4 is 11.1 Å². The monoisotopic (exact) mass is 216 g/mol. The summed E-state index contributed by atoms with van der Waals surface area (Å²) in [6.45, 7) is 4.87. The Labute approximate surface area is 92.6 Å². The normalized spacial score (nSPS) is 10.3. The van der Waals surface area contributed by atoms with Crippen LogP contribution >= 0.6 is 0 Å². The zero-order chi connectivity index (χ0) is 11.4. The minimum atomic E-state index is 0.142. The van der Waals surface area contributed by atoms with Crippen LogP contribution in [0.1, 0.15) is 39.0 Å². The average Bonchev–Trinajstić information content (AvgIpc) is 2.24. The van der Waals surface area contributed by atoms with E-state index in [1.807, 2.05) is 6.92 Å². The molecule has 0 spiro atoms. The second-order valence-corrected chi connectivity index (χ2v) is 3.50. The van der Waals surface area contributed by atoms with E-state index >= 15 is 0 Å². The molecule has 0 aliphatic rings. The van der Waals surface area contributed by atoms with Gasteiger partial charge in [-0.15, -0.1) is 0 Å². The molecule has 3 N–H and O–H groups in total. The Morgan fingerprint density at radius 1 is 1.27 bits per heavy atom. The maximum Gasteiger partial charge on any atom is 0.219 e. The lowest BCUT2D eigenvalue weighted by Gasteiger charge is -2.04. The number of nitrogens with one attached hydrogen (secondary N) is 1. The number of carbonyl (C=O) groups excluding carboxylic acids is 1. The summed E-state index contributed by atoms with van der Waals surface area (Å²) >= 11 is 0. The van der Waals surface area contributed by atoms with Gasteiger partial charge < -0.3 is 15.8 Å². The predicted molar refractivity (Wildman–Crippen MR) is 61.6 cm³/mol. The fourth-order valence-electron chi connectivity index (χ4n) is 1.24. The summed E-state index contributed by atoms with van der Waals surface area (Å²) in [4.78, 5) is 11.3. The summed E-state index contributed by atoms with van der Waals surface area (Å²) in [5, 5.41) is 2.87. The van der Waals surface area contributed by atoms with Crippen molar-refractivity contribution in [1.82, 2.24) is 5.32 Å². The summed E-state index contributed by atoms with van der Waals surface area (Å²) in [6.07, 6.45) is 4.51. The number of rotatable bonds is 10. The maximum atomic E-state index is 11.3. The molecule has 0 aliphatic carbocycles. The molecule has 0 aromatic rings. The Kier molecular flexibility index (Phi) is 11.0. The highest BCUT2D eigenvalue weighted by molar-refractivity contribution is 5.75. The van der Waals surface area contributed by atoms with E-state index < -0.39 is 0 Å². The maximum absolute atomic E-state index is 11.3. The second-order valence-electron chi connectivity index (χ2n) is 3.50. The number of hydrogen-bond acceptors (Lipinski definition) is 3. The van der Waals surface area contributed by atoms with Crippen LogP contribution in [0.3, 0.4) is 0 Å². The third-order valence-corrected chi connectivity index (χ3v) is 2.10. The van der Waals surface area contributed by atoms with Gasteiger partial charge in [-0.1, -0.05) is 6.42 Å². The van der Waals surface area contributed by atoms with Crippen molar-refractivity contribution in [2.45, 2.75) is 39.0 Å². The lowest BCUT2D eigenvalue weighted by Crippen LogP contribution is -2.24. The summed E-state index contributed by atoms with van der Waals surface area (Å²) in [5.74, 6) is 0.142. The van der Waals surface area contributed by atoms with Gasteiger partial charge in [0.2, 0.25) is 5.91 Å². The first-order chi connectivity index (χ1) is 7.31. The molecule has 0 rings (SSSR count). The van der Waals surface area contributed by atoms with Crippen LogP contribution in [-0.4, -0.2) is 32.2 Å². The number of ether oxygens (including phenoxy) is 1. The Balaban J connectivity index is 3.11. The molecule has 90 valence electrons. The molecule has 0 aromatic heterocycles. The van der Waals surface area contributed by atoms with Crippen molar-refractivity contribution in [1.29, 1.82) is 0 Å². The Morgan fingerprint density at radius 2 is 2.07 bits per heavy atom. The van der Waals surface area contributed by atoms with Gasteiger partial charge in [-0.3, -0.25) is 4.79 Å². The van der Waals surface area contributed by atoms with E-state index in [9.17, 15) is 4.79 Å². The van der Waals surface area contributed by atoms with E-state index in [1.54, 1.807) is 0 Å².